The zero-order valence-corrected chi connectivity index (χ0v) is 13.9. The molecule has 1 atom stereocenters. The third-order valence-corrected chi connectivity index (χ3v) is 3.99. The lowest BCUT2D eigenvalue weighted by Crippen LogP contribution is -2.42. The highest BCUT2D eigenvalue weighted by Crippen LogP contribution is 2.20. The normalized spacial score (nSPS) is 18.0. The summed E-state index contributed by atoms with van der Waals surface area (Å²) < 4.78 is 7.47. The molecule has 24 heavy (non-hydrogen) atoms. The van der Waals surface area contributed by atoms with E-state index in [2.05, 4.69) is 32.2 Å². The molecule has 130 valence electrons. The van der Waals surface area contributed by atoms with Crippen molar-refractivity contribution in [3.8, 4) is 0 Å². The van der Waals surface area contributed by atoms with Gasteiger partial charge in [0.1, 0.15) is 24.6 Å². The van der Waals surface area contributed by atoms with Gasteiger partial charge in [-0.25, -0.2) is 9.97 Å². The van der Waals surface area contributed by atoms with E-state index in [1.54, 1.807) is 11.0 Å². The first kappa shape index (κ1) is 16.6. The van der Waals surface area contributed by atoms with E-state index >= 15 is 0 Å². The molecule has 3 heterocycles. The Morgan fingerprint density at radius 2 is 2.42 bits per heavy atom. The summed E-state index contributed by atoms with van der Waals surface area (Å²) in [4.78, 5) is 22.6. The maximum absolute atomic E-state index is 12.4. The molecule has 9 heteroatoms. The molecule has 3 rings (SSSR count). The number of nitrogens with one attached hydrogen (secondary N) is 1. The van der Waals surface area contributed by atoms with Crippen molar-refractivity contribution < 1.29 is 9.53 Å². The minimum atomic E-state index is -0.250. The summed E-state index contributed by atoms with van der Waals surface area (Å²) in [6.45, 7) is 4.42. The van der Waals surface area contributed by atoms with Gasteiger partial charge in [-0.05, 0) is 12.8 Å². The van der Waals surface area contributed by atoms with Crippen LogP contribution in [0.25, 0.3) is 0 Å². The summed E-state index contributed by atoms with van der Waals surface area (Å²) in [7, 11) is 0. The van der Waals surface area contributed by atoms with Crippen molar-refractivity contribution in [2.45, 2.75) is 45.3 Å². The maximum Gasteiger partial charge on any atom is 0.222 e. The van der Waals surface area contributed by atoms with Gasteiger partial charge in [0.15, 0.2) is 5.82 Å². The van der Waals surface area contributed by atoms with E-state index in [-0.39, 0.29) is 12.0 Å². The second-order valence-electron chi connectivity index (χ2n) is 5.85. The molecule has 2 aromatic rings. The van der Waals surface area contributed by atoms with Crippen LogP contribution in [0.3, 0.4) is 0 Å². The van der Waals surface area contributed by atoms with Gasteiger partial charge in [-0.2, -0.15) is 10.2 Å². The Hall–Kier alpha value is -2.29. The number of H-pyrrole nitrogens is 1. The lowest BCUT2D eigenvalue weighted by Gasteiger charge is -2.31. The molecule has 1 aliphatic heterocycles. The zero-order chi connectivity index (χ0) is 16.8. The summed E-state index contributed by atoms with van der Waals surface area (Å²) in [5.74, 6) is 1.64. The van der Waals surface area contributed by atoms with Gasteiger partial charge < -0.3 is 9.64 Å². The van der Waals surface area contributed by atoms with Crippen LogP contribution in [0.2, 0.25) is 0 Å². The molecular formula is C15H23N7O2. The third kappa shape index (κ3) is 4.16. The molecule has 1 unspecified atom stereocenters. The van der Waals surface area contributed by atoms with Crippen LogP contribution in [0.15, 0.2) is 12.7 Å². The van der Waals surface area contributed by atoms with Crippen LogP contribution in [0, 0.1) is 0 Å². The maximum atomic E-state index is 12.4. The van der Waals surface area contributed by atoms with Crippen LogP contribution in [-0.4, -0.2) is 60.4 Å². The molecule has 9 nitrogen and oxygen atoms in total. The van der Waals surface area contributed by atoms with Gasteiger partial charge in [0.05, 0.1) is 13.2 Å². The lowest BCUT2D eigenvalue weighted by atomic mass is 10.2. The summed E-state index contributed by atoms with van der Waals surface area (Å²) in [5, 5.41) is 11.2. The first-order valence-corrected chi connectivity index (χ1v) is 8.39. The Morgan fingerprint density at radius 3 is 3.21 bits per heavy atom. The van der Waals surface area contributed by atoms with Crippen molar-refractivity contribution in [2.24, 2.45) is 0 Å². The van der Waals surface area contributed by atoms with E-state index < -0.39 is 0 Å². The smallest absolute Gasteiger partial charge is 0.222 e. The molecule has 2 aromatic heterocycles. The van der Waals surface area contributed by atoms with E-state index in [0.717, 1.165) is 25.1 Å². The molecule has 1 aliphatic rings. The van der Waals surface area contributed by atoms with E-state index in [1.807, 2.05) is 4.90 Å². The number of aromatic nitrogens is 6. The molecule has 0 radical (unpaired) electrons. The number of carbonyl (C=O) groups excluding carboxylic acids is 1. The van der Waals surface area contributed by atoms with Crippen molar-refractivity contribution in [3.05, 3.63) is 24.3 Å². The molecule has 1 N–H and O–H groups in total. The van der Waals surface area contributed by atoms with Crippen molar-refractivity contribution in [1.29, 1.82) is 0 Å². The average Bonchev–Trinajstić information content (AvgIpc) is 3.27. The van der Waals surface area contributed by atoms with E-state index in [0.29, 0.717) is 38.5 Å². The van der Waals surface area contributed by atoms with E-state index in [9.17, 15) is 4.79 Å². The quantitative estimate of drug-likeness (QED) is 0.801. The largest absolute Gasteiger partial charge is 0.366 e. The van der Waals surface area contributed by atoms with E-state index in [1.165, 1.54) is 6.33 Å². The van der Waals surface area contributed by atoms with Gasteiger partial charge in [-0.15, -0.1) is 0 Å². The minimum absolute atomic E-state index is 0.132. The Bertz CT molecular complexity index is 640. The second-order valence-corrected chi connectivity index (χ2v) is 5.85. The second kappa shape index (κ2) is 8.00. The van der Waals surface area contributed by atoms with Crippen LogP contribution in [0.5, 0.6) is 0 Å². The lowest BCUT2D eigenvalue weighted by molar-refractivity contribution is -0.139. The van der Waals surface area contributed by atoms with Crippen molar-refractivity contribution in [3.63, 3.8) is 0 Å². The highest BCUT2D eigenvalue weighted by Gasteiger charge is 2.27. The van der Waals surface area contributed by atoms with Crippen molar-refractivity contribution in [2.75, 3.05) is 19.7 Å². The number of hydrogen-bond donors (Lipinski definition) is 1. The van der Waals surface area contributed by atoms with Gasteiger partial charge in [-0.1, -0.05) is 6.92 Å². The Kier molecular flexibility index (Phi) is 5.52. The number of rotatable bonds is 7. The first-order valence-electron chi connectivity index (χ1n) is 8.39. The van der Waals surface area contributed by atoms with Crippen LogP contribution in [0.4, 0.5) is 0 Å². The Balaban J connectivity index is 1.49. The Morgan fingerprint density at radius 1 is 1.50 bits per heavy atom. The standard InChI is InChI=1S/C15H23N7O2/c1-2-4-13-18-15(20-19-13)12-9-21(7-8-24-12)14(23)5-3-6-22-11-16-10-17-22/h10-12H,2-9H2,1H3,(H,18,19,20). The van der Waals surface area contributed by atoms with Crippen molar-refractivity contribution >= 4 is 5.91 Å². The molecule has 0 aliphatic carbocycles. The topological polar surface area (TPSA) is 102 Å². The summed E-state index contributed by atoms with van der Waals surface area (Å²) in [5.41, 5.74) is 0. The van der Waals surface area contributed by atoms with Crippen molar-refractivity contribution in [1.82, 2.24) is 34.8 Å². The molecule has 0 bridgehead atoms. The molecule has 1 amide bonds. The highest BCUT2D eigenvalue weighted by atomic mass is 16.5. The highest BCUT2D eigenvalue weighted by molar-refractivity contribution is 5.76. The molecule has 0 saturated carbocycles. The predicted octanol–water partition coefficient (Wildman–Crippen LogP) is 0.729. The van der Waals surface area contributed by atoms with Crippen LogP contribution in [-0.2, 0) is 22.5 Å². The Labute approximate surface area is 140 Å². The number of carbonyl (C=O) groups is 1. The number of nitrogens with zero attached hydrogens (tertiary/aromatic N) is 6. The summed E-state index contributed by atoms with van der Waals surface area (Å²) in [6, 6.07) is 0. The molecular weight excluding hydrogens is 310 g/mol. The summed E-state index contributed by atoms with van der Waals surface area (Å²) >= 11 is 0. The molecule has 0 spiro atoms. The number of morpholine rings is 1. The average molecular weight is 333 g/mol. The monoisotopic (exact) mass is 333 g/mol. The number of ether oxygens (including phenoxy) is 1. The van der Waals surface area contributed by atoms with E-state index in [4.69, 9.17) is 4.74 Å². The third-order valence-electron chi connectivity index (χ3n) is 3.99. The van der Waals surface area contributed by atoms with Crippen LogP contribution < -0.4 is 0 Å². The van der Waals surface area contributed by atoms with Crippen LogP contribution >= 0.6 is 0 Å². The molecule has 1 saturated heterocycles. The SMILES string of the molecule is CCCc1nc(C2CN(C(=O)CCCn3cncn3)CCO2)n[nH]1. The number of aryl methyl sites for hydroxylation is 2. The van der Waals surface area contributed by atoms with Crippen LogP contribution in [0.1, 0.15) is 43.9 Å². The molecule has 0 aromatic carbocycles. The van der Waals surface area contributed by atoms with Gasteiger partial charge in [0.2, 0.25) is 5.91 Å². The van der Waals surface area contributed by atoms with Gasteiger partial charge in [-0.3, -0.25) is 14.6 Å². The first-order chi connectivity index (χ1) is 11.8. The molecule has 1 fully saturated rings. The minimum Gasteiger partial charge on any atom is -0.366 e. The van der Waals surface area contributed by atoms with Gasteiger partial charge in [0, 0.05) is 25.9 Å². The predicted molar refractivity (Wildman–Crippen MR) is 84.9 cm³/mol. The van der Waals surface area contributed by atoms with Gasteiger partial charge in [0.25, 0.3) is 0 Å². The van der Waals surface area contributed by atoms with Gasteiger partial charge >= 0.3 is 0 Å². The number of aromatic amines is 1. The number of amides is 1. The fourth-order valence-corrected chi connectivity index (χ4v) is 2.73. The fraction of sp³-hybridized carbons (Fsp3) is 0.667. The zero-order valence-electron chi connectivity index (χ0n) is 13.9. The number of hydrogen-bond acceptors (Lipinski definition) is 6. The fourth-order valence-electron chi connectivity index (χ4n) is 2.73. The summed E-state index contributed by atoms with van der Waals surface area (Å²) in [6.07, 6.45) is 6.01.